The number of Topliss-reactive ketones (excluding diaryl/α,β-unsaturated/α-hetero) is 2. The molecule has 0 radical (unpaired) electrons. The van der Waals surface area contributed by atoms with Crippen LogP contribution in [0.2, 0.25) is 0 Å². The number of ketones is 2. The molecule has 10 nitrogen and oxygen atoms in total. The van der Waals surface area contributed by atoms with Crippen LogP contribution < -0.4 is 15.4 Å². The number of epoxide rings is 1. The second kappa shape index (κ2) is 15.1. The van der Waals surface area contributed by atoms with Crippen LogP contribution in [0.4, 0.5) is 0 Å². The highest BCUT2D eigenvalue weighted by Crippen LogP contribution is 2.33. The maximum Gasteiger partial charge on any atom is 0.242 e. The fourth-order valence-corrected chi connectivity index (χ4v) is 5.36. The summed E-state index contributed by atoms with van der Waals surface area (Å²) in [6.07, 6.45) is 0.549. The number of rotatable bonds is 15. The number of carbonyl (C=O) groups excluding carboxylic acids is 4. The number of ether oxygens (including phenoxy) is 3. The zero-order chi connectivity index (χ0) is 32.6. The summed E-state index contributed by atoms with van der Waals surface area (Å²) in [4.78, 5) is 55.4. The monoisotopic (exact) mass is 621 g/mol. The Kier molecular flexibility index (Phi) is 11.5. The predicted molar refractivity (Wildman–Crippen MR) is 170 cm³/mol. The first-order valence-electron chi connectivity index (χ1n) is 15.7. The quantitative estimate of drug-likeness (QED) is 0.291. The van der Waals surface area contributed by atoms with Gasteiger partial charge in [-0.25, -0.2) is 0 Å². The van der Waals surface area contributed by atoms with Crippen molar-refractivity contribution in [2.75, 3.05) is 39.5 Å². The first kappa shape index (κ1) is 34.3. The lowest BCUT2D eigenvalue weighted by atomic mass is 9.83. The van der Waals surface area contributed by atoms with Crippen molar-refractivity contribution in [1.82, 2.24) is 15.5 Å². The first-order valence-corrected chi connectivity index (χ1v) is 15.7. The molecule has 2 aliphatic rings. The van der Waals surface area contributed by atoms with Gasteiger partial charge in [-0.3, -0.25) is 24.1 Å². The molecule has 0 unspecified atom stereocenters. The van der Waals surface area contributed by atoms with Gasteiger partial charge < -0.3 is 24.8 Å². The van der Waals surface area contributed by atoms with Crippen LogP contribution >= 0.6 is 0 Å². The molecular formula is C35H47N3O7. The standard InChI is InChI=1S/C35H47N3O7/c1-24(36-31(40)22-38-15-17-43-18-16-38)33(42)37-29(20-26-11-13-28(14-12-26)45-34(2,3)4)30(39)21-27(32(41)35(5)23-44-35)19-25-9-7-6-8-10-25/h6-14,24,27,29H,15-23H2,1-5H3,(H,36,40)(H,37,42)/t24-,27+,29-,35+/m0/s1. The Morgan fingerprint density at radius 1 is 0.933 bits per heavy atom. The van der Waals surface area contributed by atoms with E-state index in [1.807, 2.05) is 80.3 Å². The minimum Gasteiger partial charge on any atom is -0.488 e. The Labute approximate surface area is 266 Å². The summed E-state index contributed by atoms with van der Waals surface area (Å²) >= 11 is 0. The highest BCUT2D eigenvalue weighted by Gasteiger charge is 2.50. The molecule has 2 aromatic carbocycles. The number of hydrogen-bond acceptors (Lipinski definition) is 8. The fraction of sp³-hybridized carbons (Fsp3) is 0.543. The van der Waals surface area contributed by atoms with Gasteiger partial charge in [0.25, 0.3) is 0 Å². The minimum absolute atomic E-state index is 0.0549. The molecule has 4 rings (SSSR count). The van der Waals surface area contributed by atoms with E-state index in [4.69, 9.17) is 14.2 Å². The van der Waals surface area contributed by atoms with Gasteiger partial charge in [-0.1, -0.05) is 42.5 Å². The fourth-order valence-electron chi connectivity index (χ4n) is 5.36. The molecule has 2 saturated heterocycles. The molecular weight excluding hydrogens is 574 g/mol. The third-order valence-corrected chi connectivity index (χ3v) is 7.98. The number of carbonyl (C=O) groups is 4. The van der Waals surface area contributed by atoms with Gasteiger partial charge in [-0.15, -0.1) is 0 Å². The molecule has 2 fully saturated rings. The zero-order valence-electron chi connectivity index (χ0n) is 27.1. The molecule has 2 heterocycles. The van der Waals surface area contributed by atoms with Gasteiger partial charge >= 0.3 is 0 Å². The summed E-state index contributed by atoms with van der Waals surface area (Å²) in [5.74, 6) is -1.04. The molecule has 0 aromatic heterocycles. The highest BCUT2D eigenvalue weighted by molar-refractivity contribution is 5.98. The molecule has 2 amide bonds. The van der Waals surface area contributed by atoms with E-state index < -0.39 is 29.5 Å². The Bertz CT molecular complexity index is 1310. The topological polar surface area (TPSA) is 127 Å². The summed E-state index contributed by atoms with van der Waals surface area (Å²) in [6.45, 7) is 12.2. The molecule has 4 atom stereocenters. The van der Waals surface area contributed by atoms with Crippen LogP contribution in [0.5, 0.6) is 5.75 Å². The molecule has 0 bridgehead atoms. The number of hydrogen-bond donors (Lipinski definition) is 2. The third-order valence-electron chi connectivity index (χ3n) is 7.98. The van der Waals surface area contributed by atoms with Crippen molar-refractivity contribution < 1.29 is 33.4 Å². The van der Waals surface area contributed by atoms with E-state index >= 15 is 0 Å². The van der Waals surface area contributed by atoms with Crippen LogP contribution in [0.3, 0.4) is 0 Å². The Morgan fingerprint density at radius 2 is 1.56 bits per heavy atom. The second-order valence-corrected chi connectivity index (χ2v) is 13.2. The van der Waals surface area contributed by atoms with Gasteiger partial charge in [0, 0.05) is 25.4 Å². The van der Waals surface area contributed by atoms with E-state index in [0.29, 0.717) is 45.1 Å². The van der Waals surface area contributed by atoms with Crippen LogP contribution in [-0.2, 0) is 41.5 Å². The Balaban J connectivity index is 1.48. The summed E-state index contributed by atoms with van der Waals surface area (Å²) in [5.41, 5.74) is 0.515. The molecule has 45 heavy (non-hydrogen) atoms. The molecule has 0 aliphatic carbocycles. The average molecular weight is 622 g/mol. The van der Waals surface area contributed by atoms with Gasteiger partial charge in [0.1, 0.15) is 23.0 Å². The predicted octanol–water partition coefficient (Wildman–Crippen LogP) is 2.90. The van der Waals surface area contributed by atoms with Crippen molar-refractivity contribution in [3.05, 3.63) is 65.7 Å². The normalized spacial score (nSPS) is 20.4. The smallest absolute Gasteiger partial charge is 0.242 e. The number of morpholine rings is 1. The molecule has 0 spiro atoms. The van der Waals surface area contributed by atoms with Gasteiger partial charge in [-0.05, 0) is 70.7 Å². The van der Waals surface area contributed by atoms with E-state index in [9.17, 15) is 19.2 Å². The van der Waals surface area contributed by atoms with Crippen molar-refractivity contribution in [2.24, 2.45) is 5.92 Å². The van der Waals surface area contributed by atoms with Gasteiger partial charge in [-0.2, -0.15) is 0 Å². The molecule has 2 aromatic rings. The largest absolute Gasteiger partial charge is 0.488 e. The van der Waals surface area contributed by atoms with Gasteiger partial charge in [0.2, 0.25) is 11.8 Å². The minimum atomic E-state index is -0.913. The van der Waals surface area contributed by atoms with Crippen molar-refractivity contribution in [2.45, 2.75) is 77.2 Å². The summed E-state index contributed by atoms with van der Waals surface area (Å²) in [7, 11) is 0. The summed E-state index contributed by atoms with van der Waals surface area (Å²) < 4.78 is 16.7. The summed E-state index contributed by atoms with van der Waals surface area (Å²) in [5, 5.41) is 5.63. The Morgan fingerprint density at radius 3 is 2.16 bits per heavy atom. The summed E-state index contributed by atoms with van der Waals surface area (Å²) in [6, 6.07) is 15.2. The first-order chi connectivity index (χ1) is 21.3. The van der Waals surface area contributed by atoms with E-state index in [2.05, 4.69) is 10.6 Å². The second-order valence-electron chi connectivity index (χ2n) is 13.2. The zero-order valence-corrected chi connectivity index (χ0v) is 27.1. The van der Waals surface area contributed by atoms with Crippen LogP contribution in [0.25, 0.3) is 0 Å². The van der Waals surface area contributed by atoms with Crippen molar-refractivity contribution in [1.29, 1.82) is 0 Å². The van der Waals surface area contributed by atoms with Crippen LogP contribution in [0, 0.1) is 5.92 Å². The lowest BCUT2D eigenvalue weighted by Gasteiger charge is -2.27. The van der Waals surface area contributed by atoms with E-state index in [1.54, 1.807) is 13.8 Å². The van der Waals surface area contributed by atoms with Crippen LogP contribution in [-0.4, -0.2) is 91.0 Å². The van der Waals surface area contributed by atoms with Gasteiger partial charge in [0.15, 0.2) is 11.6 Å². The van der Waals surface area contributed by atoms with Crippen LogP contribution in [0.15, 0.2) is 54.6 Å². The number of amides is 2. The van der Waals surface area contributed by atoms with Gasteiger partial charge in [0.05, 0.1) is 32.4 Å². The molecule has 244 valence electrons. The van der Waals surface area contributed by atoms with E-state index in [-0.39, 0.29) is 42.5 Å². The number of nitrogens with one attached hydrogen (secondary N) is 2. The van der Waals surface area contributed by atoms with Crippen molar-refractivity contribution in [3.8, 4) is 5.75 Å². The molecule has 10 heteroatoms. The van der Waals surface area contributed by atoms with E-state index in [0.717, 1.165) is 11.1 Å². The molecule has 0 saturated carbocycles. The number of nitrogens with zero attached hydrogens (tertiary/aromatic N) is 1. The third kappa shape index (κ3) is 10.8. The maximum atomic E-state index is 14.0. The number of benzene rings is 2. The van der Waals surface area contributed by atoms with Crippen molar-refractivity contribution >= 4 is 23.4 Å². The Hall–Kier alpha value is -3.60. The maximum absolute atomic E-state index is 14.0. The van der Waals surface area contributed by atoms with E-state index in [1.165, 1.54) is 0 Å². The molecule has 2 N–H and O–H groups in total. The SMILES string of the molecule is C[C@H](NC(=O)CN1CCOCC1)C(=O)N[C@@H](Cc1ccc(OC(C)(C)C)cc1)C(=O)C[C@@H](Cc1ccccc1)C(=O)[C@@]1(C)CO1. The van der Waals surface area contributed by atoms with Crippen molar-refractivity contribution in [3.63, 3.8) is 0 Å². The van der Waals surface area contributed by atoms with Crippen LogP contribution in [0.1, 0.15) is 52.2 Å². The average Bonchev–Trinajstić information content (AvgIpc) is 3.75. The lowest BCUT2D eigenvalue weighted by Crippen LogP contribution is -2.53. The lowest BCUT2D eigenvalue weighted by molar-refractivity contribution is -0.134. The highest BCUT2D eigenvalue weighted by atomic mass is 16.6. The molecule has 2 aliphatic heterocycles.